The van der Waals surface area contributed by atoms with E-state index in [0.717, 1.165) is 31.9 Å². The number of rotatable bonds is 2. The van der Waals surface area contributed by atoms with E-state index in [2.05, 4.69) is 34.4 Å². The summed E-state index contributed by atoms with van der Waals surface area (Å²) >= 11 is 1.77. The smallest absolute Gasteiger partial charge is 0.107 e. The summed E-state index contributed by atoms with van der Waals surface area (Å²) in [7, 11) is 0. The number of thiazole rings is 1. The van der Waals surface area contributed by atoms with E-state index in [4.69, 9.17) is 0 Å². The summed E-state index contributed by atoms with van der Waals surface area (Å²) in [5.74, 6) is 0. The third-order valence-corrected chi connectivity index (χ3v) is 3.60. The van der Waals surface area contributed by atoms with E-state index in [-0.39, 0.29) is 12.4 Å². The molecule has 1 aromatic rings. The number of hydrogen-bond acceptors (Lipinski definition) is 4. The SMILES string of the molecule is Cc1csc(CN2CCNC[C@@H]2C)n1.Cl. The molecule has 0 aromatic carbocycles. The van der Waals surface area contributed by atoms with Crippen LogP contribution in [-0.2, 0) is 6.54 Å². The molecule has 0 radical (unpaired) electrons. The Morgan fingerprint density at radius 2 is 2.47 bits per heavy atom. The fourth-order valence-corrected chi connectivity index (χ4v) is 2.56. The Morgan fingerprint density at radius 3 is 3.07 bits per heavy atom. The highest BCUT2D eigenvalue weighted by Gasteiger charge is 2.18. The number of nitrogens with one attached hydrogen (secondary N) is 1. The fourth-order valence-electron chi connectivity index (χ4n) is 1.77. The number of halogens is 1. The average molecular weight is 248 g/mol. The summed E-state index contributed by atoms with van der Waals surface area (Å²) in [5.41, 5.74) is 1.15. The summed E-state index contributed by atoms with van der Waals surface area (Å²) < 4.78 is 0. The zero-order valence-corrected chi connectivity index (χ0v) is 10.8. The van der Waals surface area contributed by atoms with Crippen molar-refractivity contribution in [3.63, 3.8) is 0 Å². The van der Waals surface area contributed by atoms with Crippen LogP contribution < -0.4 is 5.32 Å². The van der Waals surface area contributed by atoms with Crippen molar-refractivity contribution >= 4 is 23.7 Å². The lowest BCUT2D eigenvalue weighted by molar-refractivity contribution is 0.165. The van der Waals surface area contributed by atoms with Gasteiger partial charge < -0.3 is 5.32 Å². The second-order valence-electron chi connectivity index (χ2n) is 3.91. The van der Waals surface area contributed by atoms with E-state index >= 15 is 0 Å². The van der Waals surface area contributed by atoms with Gasteiger partial charge in [0.15, 0.2) is 0 Å². The molecule has 1 N–H and O–H groups in total. The summed E-state index contributed by atoms with van der Waals surface area (Å²) in [5, 5.41) is 6.77. The molecule has 1 atom stereocenters. The largest absolute Gasteiger partial charge is 0.314 e. The zero-order chi connectivity index (χ0) is 9.97. The van der Waals surface area contributed by atoms with Crippen LogP contribution in [-0.4, -0.2) is 35.6 Å². The second-order valence-corrected chi connectivity index (χ2v) is 4.85. The minimum atomic E-state index is 0. The van der Waals surface area contributed by atoms with Crippen LogP contribution in [0, 0.1) is 6.92 Å². The Labute approximate surface area is 101 Å². The first kappa shape index (κ1) is 12.9. The zero-order valence-electron chi connectivity index (χ0n) is 9.19. The molecule has 86 valence electrons. The van der Waals surface area contributed by atoms with Gasteiger partial charge in [-0.2, -0.15) is 0 Å². The normalized spacial score (nSPS) is 22.4. The Kier molecular flexibility index (Phi) is 4.99. The predicted octanol–water partition coefficient (Wildman–Crippen LogP) is 1.67. The molecule has 3 nitrogen and oxygen atoms in total. The first-order chi connectivity index (χ1) is 6.75. The van der Waals surface area contributed by atoms with Crippen molar-refractivity contribution in [3.05, 3.63) is 16.1 Å². The van der Waals surface area contributed by atoms with Gasteiger partial charge in [0.25, 0.3) is 0 Å². The molecule has 15 heavy (non-hydrogen) atoms. The highest BCUT2D eigenvalue weighted by atomic mass is 35.5. The van der Waals surface area contributed by atoms with Crippen LogP contribution in [0.2, 0.25) is 0 Å². The summed E-state index contributed by atoms with van der Waals surface area (Å²) in [6.45, 7) is 8.69. The van der Waals surface area contributed by atoms with Crippen molar-refractivity contribution in [1.29, 1.82) is 0 Å². The van der Waals surface area contributed by atoms with E-state index in [9.17, 15) is 0 Å². The van der Waals surface area contributed by atoms with Crippen molar-refractivity contribution in [2.45, 2.75) is 26.4 Å². The van der Waals surface area contributed by atoms with Crippen LogP contribution in [0.4, 0.5) is 0 Å². The van der Waals surface area contributed by atoms with E-state index in [1.165, 1.54) is 5.01 Å². The van der Waals surface area contributed by atoms with E-state index in [0.29, 0.717) is 6.04 Å². The number of piperazine rings is 1. The second kappa shape index (κ2) is 5.80. The van der Waals surface area contributed by atoms with E-state index in [1.54, 1.807) is 11.3 Å². The van der Waals surface area contributed by atoms with Gasteiger partial charge in [-0.05, 0) is 13.8 Å². The summed E-state index contributed by atoms with van der Waals surface area (Å²) in [6.07, 6.45) is 0. The van der Waals surface area contributed by atoms with E-state index in [1.807, 2.05) is 0 Å². The van der Waals surface area contributed by atoms with Crippen molar-refractivity contribution in [2.75, 3.05) is 19.6 Å². The van der Waals surface area contributed by atoms with Gasteiger partial charge in [0.1, 0.15) is 5.01 Å². The Balaban J connectivity index is 0.00000112. The maximum absolute atomic E-state index is 4.50. The lowest BCUT2D eigenvalue weighted by atomic mass is 10.2. The molecule has 0 saturated carbocycles. The molecule has 1 aliphatic rings. The fraction of sp³-hybridized carbons (Fsp3) is 0.700. The van der Waals surface area contributed by atoms with Gasteiger partial charge >= 0.3 is 0 Å². The molecule has 1 aliphatic heterocycles. The highest BCUT2D eigenvalue weighted by Crippen LogP contribution is 2.14. The number of hydrogen-bond donors (Lipinski definition) is 1. The molecule has 0 bridgehead atoms. The van der Waals surface area contributed by atoms with Crippen LogP contribution in [0.1, 0.15) is 17.6 Å². The quantitative estimate of drug-likeness (QED) is 0.862. The highest BCUT2D eigenvalue weighted by molar-refractivity contribution is 7.09. The number of aromatic nitrogens is 1. The molecule has 0 amide bonds. The summed E-state index contributed by atoms with van der Waals surface area (Å²) in [4.78, 5) is 6.99. The third kappa shape index (κ3) is 3.41. The minimum absolute atomic E-state index is 0. The molecular weight excluding hydrogens is 230 g/mol. The Bertz CT molecular complexity index is 303. The topological polar surface area (TPSA) is 28.2 Å². The van der Waals surface area contributed by atoms with Crippen LogP contribution in [0.5, 0.6) is 0 Å². The van der Waals surface area contributed by atoms with Gasteiger partial charge in [0, 0.05) is 36.8 Å². The van der Waals surface area contributed by atoms with Crippen LogP contribution in [0.15, 0.2) is 5.38 Å². The number of nitrogens with zero attached hydrogens (tertiary/aromatic N) is 2. The van der Waals surface area contributed by atoms with Crippen LogP contribution >= 0.6 is 23.7 Å². The third-order valence-electron chi connectivity index (χ3n) is 2.64. The lowest BCUT2D eigenvalue weighted by Gasteiger charge is -2.33. The number of aryl methyl sites for hydroxylation is 1. The molecule has 1 fully saturated rings. The van der Waals surface area contributed by atoms with Gasteiger partial charge in [0.2, 0.25) is 0 Å². The van der Waals surface area contributed by atoms with Crippen molar-refractivity contribution in [2.24, 2.45) is 0 Å². The predicted molar refractivity (Wildman–Crippen MR) is 66.8 cm³/mol. The molecule has 0 unspecified atom stereocenters. The standard InChI is InChI=1S/C10H17N3S.ClH/c1-8-7-14-10(12-8)6-13-4-3-11-5-9(13)2;/h7,9,11H,3-6H2,1-2H3;1H/t9-;/m0./s1. The molecule has 2 rings (SSSR count). The van der Waals surface area contributed by atoms with Gasteiger partial charge in [-0.3, -0.25) is 4.90 Å². The molecule has 1 saturated heterocycles. The minimum Gasteiger partial charge on any atom is -0.314 e. The molecule has 0 spiro atoms. The van der Waals surface area contributed by atoms with Crippen molar-refractivity contribution in [3.8, 4) is 0 Å². The molecule has 0 aliphatic carbocycles. The Morgan fingerprint density at radius 1 is 1.67 bits per heavy atom. The first-order valence-electron chi connectivity index (χ1n) is 5.11. The molecular formula is C10H18ClN3S. The van der Waals surface area contributed by atoms with E-state index < -0.39 is 0 Å². The maximum Gasteiger partial charge on any atom is 0.107 e. The van der Waals surface area contributed by atoms with Crippen LogP contribution in [0.3, 0.4) is 0 Å². The average Bonchev–Trinajstić information content (AvgIpc) is 2.56. The van der Waals surface area contributed by atoms with Crippen molar-refractivity contribution in [1.82, 2.24) is 15.2 Å². The lowest BCUT2D eigenvalue weighted by Crippen LogP contribution is -2.49. The van der Waals surface area contributed by atoms with Gasteiger partial charge in [-0.25, -0.2) is 4.98 Å². The van der Waals surface area contributed by atoms with Gasteiger partial charge in [-0.15, -0.1) is 23.7 Å². The van der Waals surface area contributed by atoms with Crippen LogP contribution in [0.25, 0.3) is 0 Å². The molecule has 1 aromatic heterocycles. The van der Waals surface area contributed by atoms with Crippen molar-refractivity contribution < 1.29 is 0 Å². The molecule has 2 heterocycles. The van der Waals surface area contributed by atoms with Gasteiger partial charge in [0.05, 0.1) is 6.54 Å². The monoisotopic (exact) mass is 247 g/mol. The maximum atomic E-state index is 4.50. The Hall–Kier alpha value is -0.160. The first-order valence-corrected chi connectivity index (χ1v) is 5.99. The molecule has 5 heteroatoms. The van der Waals surface area contributed by atoms with Gasteiger partial charge in [-0.1, -0.05) is 0 Å². The summed E-state index contributed by atoms with van der Waals surface area (Å²) in [6, 6.07) is 0.632.